The minimum atomic E-state index is -0.463. The lowest BCUT2D eigenvalue weighted by molar-refractivity contribution is 0.159. The van der Waals surface area contributed by atoms with E-state index in [1.165, 1.54) is 5.57 Å². The van der Waals surface area contributed by atoms with Gasteiger partial charge in [0.25, 0.3) is 0 Å². The van der Waals surface area contributed by atoms with Crippen molar-refractivity contribution in [3.63, 3.8) is 0 Å². The molecule has 2 heteroatoms. The Labute approximate surface area is 100 Å². The molecular formula is C14H27NO. The molecule has 16 heavy (non-hydrogen) atoms. The van der Waals surface area contributed by atoms with Crippen LogP contribution in [0, 0.1) is 5.41 Å². The van der Waals surface area contributed by atoms with Crippen LogP contribution in [0.5, 0.6) is 0 Å². The molecule has 2 N–H and O–H groups in total. The molecule has 0 heterocycles. The maximum atomic E-state index is 9.11. The van der Waals surface area contributed by atoms with Gasteiger partial charge in [-0.05, 0) is 38.5 Å². The number of aliphatic hydroxyl groups excluding tert-OH is 1. The summed E-state index contributed by atoms with van der Waals surface area (Å²) in [4.78, 5) is 0. The van der Waals surface area contributed by atoms with Crippen LogP contribution in [-0.2, 0) is 0 Å². The van der Waals surface area contributed by atoms with Crippen LogP contribution in [-0.4, -0.2) is 17.9 Å². The minimum absolute atomic E-state index is 0.260. The average Bonchev–Trinajstić information content (AvgIpc) is 2.11. The third kappa shape index (κ3) is 8.69. The maximum absolute atomic E-state index is 9.11. The van der Waals surface area contributed by atoms with Gasteiger partial charge in [0.2, 0.25) is 0 Å². The summed E-state index contributed by atoms with van der Waals surface area (Å²) in [6.45, 7) is 17.0. The molecule has 0 saturated carbocycles. The van der Waals surface area contributed by atoms with Gasteiger partial charge in [0.15, 0.2) is 0 Å². The van der Waals surface area contributed by atoms with E-state index in [4.69, 9.17) is 5.11 Å². The smallest absolute Gasteiger partial charge is 0.102 e. The van der Waals surface area contributed by atoms with Crippen LogP contribution >= 0.6 is 0 Å². The fourth-order valence-corrected chi connectivity index (χ4v) is 1.67. The Kier molecular flexibility index (Phi) is 6.61. The van der Waals surface area contributed by atoms with Gasteiger partial charge in [-0.15, -0.1) is 6.58 Å². The van der Waals surface area contributed by atoms with E-state index in [1.54, 1.807) is 6.92 Å². The first-order chi connectivity index (χ1) is 7.23. The van der Waals surface area contributed by atoms with E-state index in [0.717, 1.165) is 24.8 Å². The van der Waals surface area contributed by atoms with Gasteiger partial charge in [-0.3, -0.25) is 5.32 Å². The monoisotopic (exact) mass is 225 g/mol. The van der Waals surface area contributed by atoms with Gasteiger partial charge in [-0.1, -0.05) is 31.6 Å². The molecule has 0 aliphatic rings. The standard InChI is InChI=1S/C14H27NO/c1-11(2)7-8-14(5,6)9-12(3)10-15-13(4)16/h13,15-16H,1,3,7-10H2,2,4-6H3. The Balaban J connectivity index is 3.94. The van der Waals surface area contributed by atoms with Gasteiger partial charge in [0.05, 0.1) is 0 Å². The van der Waals surface area contributed by atoms with Gasteiger partial charge in [-0.2, -0.15) is 0 Å². The zero-order chi connectivity index (χ0) is 12.8. The van der Waals surface area contributed by atoms with Crippen LogP contribution in [0.25, 0.3) is 0 Å². The number of rotatable bonds is 8. The topological polar surface area (TPSA) is 32.3 Å². The first-order valence-corrected chi connectivity index (χ1v) is 5.95. The van der Waals surface area contributed by atoms with E-state index in [-0.39, 0.29) is 5.41 Å². The van der Waals surface area contributed by atoms with Gasteiger partial charge in [0, 0.05) is 6.54 Å². The molecule has 94 valence electrons. The summed E-state index contributed by atoms with van der Waals surface area (Å²) in [6, 6.07) is 0. The zero-order valence-corrected chi connectivity index (χ0v) is 11.3. The molecule has 0 spiro atoms. The third-order valence-electron chi connectivity index (χ3n) is 2.60. The highest BCUT2D eigenvalue weighted by atomic mass is 16.3. The highest BCUT2D eigenvalue weighted by Crippen LogP contribution is 2.30. The molecule has 0 aromatic heterocycles. The largest absolute Gasteiger partial charge is 0.379 e. The summed E-state index contributed by atoms with van der Waals surface area (Å²) < 4.78 is 0. The van der Waals surface area contributed by atoms with Crippen molar-refractivity contribution in [2.45, 2.75) is 53.2 Å². The summed E-state index contributed by atoms with van der Waals surface area (Å²) in [7, 11) is 0. The molecule has 2 nitrogen and oxygen atoms in total. The van der Waals surface area contributed by atoms with Crippen molar-refractivity contribution in [3.05, 3.63) is 24.3 Å². The van der Waals surface area contributed by atoms with Crippen LogP contribution in [0.3, 0.4) is 0 Å². The van der Waals surface area contributed by atoms with E-state index in [0.29, 0.717) is 6.54 Å². The molecule has 0 aliphatic heterocycles. The van der Waals surface area contributed by atoms with Crippen molar-refractivity contribution in [1.29, 1.82) is 0 Å². The van der Waals surface area contributed by atoms with E-state index in [9.17, 15) is 0 Å². The molecule has 0 aromatic carbocycles. The van der Waals surface area contributed by atoms with Crippen LogP contribution in [0.4, 0.5) is 0 Å². The van der Waals surface area contributed by atoms with Gasteiger partial charge in [-0.25, -0.2) is 0 Å². The number of nitrogens with one attached hydrogen (secondary N) is 1. The van der Waals surface area contributed by atoms with Crippen molar-refractivity contribution in [3.8, 4) is 0 Å². The lowest BCUT2D eigenvalue weighted by Crippen LogP contribution is -2.28. The Morgan fingerprint density at radius 3 is 2.38 bits per heavy atom. The third-order valence-corrected chi connectivity index (χ3v) is 2.60. The molecular weight excluding hydrogens is 198 g/mol. The van der Waals surface area contributed by atoms with Crippen molar-refractivity contribution < 1.29 is 5.11 Å². The van der Waals surface area contributed by atoms with Crippen molar-refractivity contribution >= 4 is 0 Å². The number of allylic oxidation sites excluding steroid dienone is 1. The Hall–Kier alpha value is -0.600. The van der Waals surface area contributed by atoms with E-state index < -0.39 is 6.23 Å². The lowest BCUT2D eigenvalue weighted by Gasteiger charge is -2.26. The maximum Gasteiger partial charge on any atom is 0.102 e. The Morgan fingerprint density at radius 1 is 1.38 bits per heavy atom. The minimum Gasteiger partial charge on any atom is -0.379 e. The molecule has 0 fully saturated rings. The molecule has 0 aromatic rings. The Morgan fingerprint density at radius 2 is 1.94 bits per heavy atom. The predicted octanol–water partition coefficient (Wildman–Crippen LogP) is 3.24. The number of hydrogen-bond donors (Lipinski definition) is 2. The second-order valence-corrected chi connectivity index (χ2v) is 5.60. The summed E-state index contributed by atoms with van der Waals surface area (Å²) in [5.74, 6) is 0. The lowest BCUT2D eigenvalue weighted by atomic mass is 9.81. The van der Waals surface area contributed by atoms with Gasteiger partial charge >= 0.3 is 0 Å². The molecule has 0 saturated heterocycles. The first kappa shape index (κ1) is 15.4. The summed E-state index contributed by atoms with van der Waals surface area (Å²) in [6.07, 6.45) is 2.73. The van der Waals surface area contributed by atoms with Crippen LogP contribution in [0.2, 0.25) is 0 Å². The van der Waals surface area contributed by atoms with Crippen LogP contribution < -0.4 is 5.32 Å². The molecule has 1 unspecified atom stereocenters. The summed E-state index contributed by atoms with van der Waals surface area (Å²) in [5.41, 5.74) is 2.64. The van der Waals surface area contributed by atoms with Crippen molar-refractivity contribution in [2.75, 3.05) is 6.54 Å². The highest BCUT2D eigenvalue weighted by molar-refractivity contribution is 5.01. The van der Waals surface area contributed by atoms with Crippen molar-refractivity contribution in [2.24, 2.45) is 5.41 Å². The zero-order valence-electron chi connectivity index (χ0n) is 11.3. The SMILES string of the molecule is C=C(C)CCC(C)(C)CC(=C)CNC(C)O. The van der Waals surface area contributed by atoms with Crippen LogP contribution in [0.1, 0.15) is 47.0 Å². The number of hydrogen-bond acceptors (Lipinski definition) is 2. The van der Waals surface area contributed by atoms with Gasteiger partial charge in [0.1, 0.15) is 6.23 Å². The Bertz CT molecular complexity index is 241. The molecule has 1 atom stereocenters. The fourth-order valence-electron chi connectivity index (χ4n) is 1.67. The first-order valence-electron chi connectivity index (χ1n) is 5.95. The van der Waals surface area contributed by atoms with E-state index >= 15 is 0 Å². The number of aliphatic hydroxyl groups is 1. The fraction of sp³-hybridized carbons (Fsp3) is 0.714. The average molecular weight is 225 g/mol. The predicted molar refractivity (Wildman–Crippen MR) is 71.3 cm³/mol. The van der Waals surface area contributed by atoms with Crippen LogP contribution in [0.15, 0.2) is 24.3 Å². The molecule has 0 amide bonds. The molecule has 0 radical (unpaired) electrons. The second-order valence-electron chi connectivity index (χ2n) is 5.60. The van der Waals surface area contributed by atoms with E-state index in [1.807, 2.05) is 0 Å². The van der Waals surface area contributed by atoms with Gasteiger partial charge < -0.3 is 5.11 Å². The molecule has 0 bridgehead atoms. The quantitative estimate of drug-likeness (QED) is 0.491. The highest BCUT2D eigenvalue weighted by Gasteiger charge is 2.18. The summed E-state index contributed by atoms with van der Waals surface area (Å²) >= 11 is 0. The summed E-state index contributed by atoms with van der Waals surface area (Å²) in [5, 5.41) is 12.1. The normalized spacial score (nSPS) is 13.6. The van der Waals surface area contributed by atoms with Crippen molar-refractivity contribution in [1.82, 2.24) is 5.32 Å². The second kappa shape index (κ2) is 6.87. The molecule has 0 rings (SSSR count). The molecule has 0 aliphatic carbocycles. The van der Waals surface area contributed by atoms with E-state index in [2.05, 4.69) is 39.2 Å².